The highest BCUT2D eigenvalue weighted by Gasteiger charge is 2.23. The van der Waals surface area contributed by atoms with Crippen LogP contribution in [0.1, 0.15) is 18.7 Å². The van der Waals surface area contributed by atoms with Gasteiger partial charge in [-0.25, -0.2) is 9.97 Å². The third-order valence-electron chi connectivity index (χ3n) is 4.57. The van der Waals surface area contributed by atoms with Gasteiger partial charge in [0.15, 0.2) is 5.82 Å². The molecule has 0 N–H and O–H groups in total. The van der Waals surface area contributed by atoms with E-state index in [1.807, 2.05) is 6.07 Å². The van der Waals surface area contributed by atoms with Gasteiger partial charge < -0.3 is 4.57 Å². The van der Waals surface area contributed by atoms with Crippen molar-refractivity contribution in [3.05, 3.63) is 48.0 Å². The Bertz CT molecular complexity index is 983. The van der Waals surface area contributed by atoms with Crippen LogP contribution in [0.3, 0.4) is 0 Å². The minimum Gasteiger partial charge on any atom is -0.306 e. The summed E-state index contributed by atoms with van der Waals surface area (Å²) in [4.78, 5) is 12.0. The minimum atomic E-state index is 0.191. The number of nitrogens with zero attached hydrogens (tertiary/aromatic N) is 4. The first-order valence-corrected chi connectivity index (χ1v) is 7.90. The summed E-state index contributed by atoms with van der Waals surface area (Å²) in [5.41, 5.74) is 5.34. The predicted molar refractivity (Wildman–Crippen MR) is 94.8 cm³/mol. The van der Waals surface area contributed by atoms with Crippen molar-refractivity contribution in [2.45, 2.75) is 20.0 Å². The molecule has 4 heteroatoms. The normalized spacial score (nSPS) is 13.4. The number of hydrogen-bond acceptors (Lipinski definition) is 3. The monoisotopic (exact) mass is 304 g/mol. The van der Waals surface area contributed by atoms with Crippen LogP contribution in [0.5, 0.6) is 0 Å². The van der Waals surface area contributed by atoms with Gasteiger partial charge in [-0.3, -0.25) is 4.90 Å². The summed E-state index contributed by atoms with van der Waals surface area (Å²) < 4.78 is 2.28. The Labute approximate surface area is 135 Å². The number of aryl methyl sites for hydroxylation is 1. The van der Waals surface area contributed by atoms with Crippen molar-refractivity contribution in [3.8, 4) is 11.5 Å². The Morgan fingerprint density at radius 1 is 1.00 bits per heavy atom. The summed E-state index contributed by atoms with van der Waals surface area (Å²) in [5.74, 6) is 0.950. The van der Waals surface area contributed by atoms with Crippen molar-refractivity contribution in [1.29, 1.82) is 0 Å². The third kappa shape index (κ3) is 2.10. The van der Waals surface area contributed by atoms with E-state index in [-0.39, 0.29) is 6.17 Å². The maximum Gasteiger partial charge on any atom is 0.161 e. The van der Waals surface area contributed by atoms with Gasteiger partial charge in [-0.1, -0.05) is 23.8 Å². The van der Waals surface area contributed by atoms with E-state index in [0.717, 1.165) is 33.5 Å². The van der Waals surface area contributed by atoms with Gasteiger partial charge in [-0.15, -0.1) is 0 Å². The third-order valence-corrected chi connectivity index (χ3v) is 4.57. The molecule has 0 saturated carbocycles. The molecule has 0 spiro atoms. The van der Waals surface area contributed by atoms with Crippen molar-refractivity contribution >= 4 is 21.9 Å². The highest BCUT2D eigenvalue weighted by Crippen LogP contribution is 2.34. The number of hydrogen-bond donors (Lipinski definition) is 0. The molecule has 0 aromatic heterocycles. The summed E-state index contributed by atoms with van der Waals surface area (Å²) in [7, 11) is 4.18. The minimum absolute atomic E-state index is 0.191. The summed E-state index contributed by atoms with van der Waals surface area (Å²) in [5, 5.41) is 1.13. The zero-order valence-corrected chi connectivity index (χ0v) is 13.9. The molecule has 0 amide bonds. The lowest BCUT2D eigenvalue weighted by Gasteiger charge is -2.26. The Morgan fingerprint density at radius 3 is 2.57 bits per heavy atom. The van der Waals surface area contributed by atoms with E-state index in [9.17, 15) is 0 Å². The van der Waals surface area contributed by atoms with Crippen molar-refractivity contribution in [2.24, 2.45) is 0 Å². The number of para-hydroxylation sites is 2. The van der Waals surface area contributed by atoms with E-state index in [1.54, 1.807) is 0 Å². The lowest BCUT2D eigenvalue weighted by atomic mass is 10.1. The average molecular weight is 304 g/mol. The van der Waals surface area contributed by atoms with Gasteiger partial charge in [0, 0.05) is 5.39 Å². The molecule has 2 heterocycles. The maximum atomic E-state index is 4.91. The highest BCUT2D eigenvalue weighted by atomic mass is 15.3. The fourth-order valence-corrected chi connectivity index (χ4v) is 3.11. The van der Waals surface area contributed by atoms with Gasteiger partial charge in [-0.05, 0) is 52.2 Å². The number of rotatable bonds is 2. The van der Waals surface area contributed by atoms with Crippen LogP contribution in [-0.2, 0) is 0 Å². The molecule has 0 radical (unpaired) electrons. The molecule has 0 fully saturated rings. The SMILES string of the molecule is Cc1ccc2nc3n(C(C)N(C)C)c4ccccc4nc-3c2c1. The van der Waals surface area contributed by atoms with Gasteiger partial charge in [0.25, 0.3) is 0 Å². The second kappa shape index (κ2) is 5.03. The topological polar surface area (TPSA) is 34.0 Å². The van der Waals surface area contributed by atoms with E-state index in [2.05, 4.69) is 73.8 Å². The van der Waals surface area contributed by atoms with E-state index < -0.39 is 0 Å². The van der Waals surface area contributed by atoms with Crippen molar-refractivity contribution in [1.82, 2.24) is 19.4 Å². The molecule has 4 rings (SSSR count). The van der Waals surface area contributed by atoms with Gasteiger partial charge in [0.05, 0.1) is 22.7 Å². The van der Waals surface area contributed by atoms with Gasteiger partial charge in [0.1, 0.15) is 5.69 Å². The lowest BCUT2D eigenvalue weighted by molar-refractivity contribution is 0.244. The molecule has 116 valence electrons. The summed E-state index contributed by atoms with van der Waals surface area (Å²) in [6, 6.07) is 14.7. The largest absolute Gasteiger partial charge is 0.306 e. The predicted octanol–water partition coefficient (Wildman–Crippen LogP) is 4.08. The standard InChI is InChI=1S/C19H20N4/c1-12-9-10-15-14(11-12)18-19(21-15)23(13(2)22(3)4)17-8-6-5-7-16(17)20-18/h5-11,13H,1-4H3. The van der Waals surface area contributed by atoms with Crippen LogP contribution in [0.25, 0.3) is 33.5 Å². The molecular formula is C19H20N4. The van der Waals surface area contributed by atoms with Gasteiger partial charge in [0.2, 0.25) is 0 Å². The summed E-state index contributed by atoms with van der Waals surface area (Å²) in [6.07, 6.45) is 0.191. The van der Waals surface area contributed by atoms with E-state index in [0.29, 0.717) is 0 Å². The molecule has 2 aliphatic rings. The molecule has 0 bridgehead atoms. The van der Waals surface area contributed by atoms with Gasteiger partial charge in [-0.2, -0.15) is 0 Å². The fraction of sp³-hybridized carbons (Fsp3) is 0.263. The molecule has 1 unspecified atom stereocenters. The smallest absolute Gasteiger partial charge is 0.161 e. The van der Waals surface area contributed by atoms with Crippen molar-refractivity contribution in [2.75, 3.05) is 14.1 Å². The van der Waals surface area contributed by atoms with Crippen LogP contribution in [0.2, 0.25) is 0 Å². The fourth-order valence-electron chi connectivity index (χ4n) is 3.11. The van der Waals surface area contributed by atoms with Crippen molar-refractivity contribution in [3.63, 3.8) is 0 Å². The second-order valence-electron chi connectivity index (χ2n) is 6.37. The van der Waals surface area contributed by atoms with Crippen LogP contribution in [0.4, 0.5) is 0 Å². The Morgan fingerprint density at radius 2 is 1.78 bits per heavy atom. The Balaban J connectivity index is 2.18. The molecule has 2 aromatic rings. The first kappa shape index (κ1) is 14.2. The second-order valence-corrected chi connectivity index (χ2v) is 6.37. The molecule has 2 aliphatic heterocycles. The Hall–Kier alpha value is -2.46. The Kier molecular flexibility index (Phi) is 3.10. The first-order chi connectivity index (χ1) is 11.1. The molecule has 23 heavy (non-hydrogen) atoms. The van der Waals surface area contributed by atoms with Crippen LogP contribution < -0.4 is 0 Å². The number of benzene rings is 2. The highest BCUT2D eigenvalue weighted by molar-refractivity contribution is 5.97. The maximum absolute atomic E-state index is 4.91. The van der Waals surface area contributed by atoms with Crippen LogP contribution >= 0.6 is 0 Å². The number of aromatic nitrogens is 3. The average Bonchev–Trinajstić information content (AvgIpc) is 2.89. The van der Waals surface area contributed by atoms with Gasteiger partial charge >= 0.3 is 0 Å². The molecule has 0 saturated heterocycles. The zero-order chi connectivity index (χ0) is 16.1. The molecule has 2 aromatic carbocycles. The zero-order valence-electron chi connectivity index (χ0n) is 13.9. The molecule has 4 nitrogen and oxygen atoms in total. The van der Waals surface area contributed by atoms with E-state index in [1.165, 1.54) is 5.56 Å². The summed E-state index contributed by atoms with van der Waals surface area (Å²) >= 11 is 0. The van der Waals surface area contributed by atoms with Crippen LogP contribution in [0.15, 0.2) is 42.5 Å². The molecular weight excluding hydrogens is 284 g/mol. The van der Waals surface area contributed by atoms with Crippen molar-refractivity contribution < 1.29 is 0 Å². The number of fused-ring (bicyclic) bond motifs is 4. The van der Waals surface area contributed by atoms with E-state index >= 15 is 0 Å². The molecule has 1 atom stereocenters. The first-order valence-electron chi connectivity index (χ1n) is 7.90. The van der Waals surface area contributed by atoms with Crippen LogP contribution in [0, 0.1) is 6.92 Å². The quantitative estimate of drug-likeness (QED) is 0.559. The summed E-state index contributed by atoms with van der Waals surface area (Å²) in [6.45, 7) is 4.30. The van der Waals surface area contributed by atoms with Crippen LogP contribution in [-0.4, -0.2) is 33.5 Å². The van der Waals surface area contributed by atoms with E-state index in [4.69, 9.17) is 9.97 Å². The molecule has 0 aliphatic carbocycles. The lowest BCUT2D eigenvalue weighted by Crippen LogP contribution is -2.25.